The Hall–Kier alpha value is -1.94. The quantitative estimate of drug-likeness (QED) is 0.862. The van der Waals surface area contributed by atoms with Crippen LogP contribution in [-0.4, -0.2) is 21.4 Å². The van der Waals surface area contributed by atoms with Crippen LogP contribution in [0.15, 0.2) is 53.4 Å². The zero-order valence-corrected chi connectivity index (χ0v) is 10.6. The van der Waals surface area contributed by atoms with E-state index in [-0.39, 0.29) is 11.5 Å². The maximum atomic E-state index is 12.1. The number of aromatic hydroxyl groups is 1. The molecule has 2 rings (SSSR count). The second-order valence-corrected chi connectivity index (χ2v) is 5.23. The minimum atomic E-state index is -1.04. The van der Waals surface area contributed by atoms with Crippen LogP contribution in [0.4, 0.5) is 0 Å². The van der Waals surface area contributed by atoms with E-state index in [2.05, 4.69) is 0 Å². The van der Waals surface area contributed by atoms with Gasteiger partial charge in [-0.25, -0.2) is 0 Å². The van der Waals surface area contributed by atoms with E-state index in [0.29, 0.717) is 16.0 Å². The van der Waals surface area contributed by atoms with E-state index in [1.54, 1.807) is 42.7 Å². The molecule has 4 heteroatoms. The molecule has 0 fully saturated rings. The average molecular weight is 260 g/mol. The monoisotopic (exact) mass is 260 g/mol. The van der Waals surface area contributed by atoms with Gasteiger partial charge in [-0.15, -0.1) is 0 Å². The molecule has 92 valence electrons. The SMILES string of the molecule is CS(=O)c1ccc(C(=O)c2ccc(O)cc2)cc1. The first-order valence-corrected chi connectivity index (χ1v) is 6.91. The highest BCUT2D eigenvalue weighted by Gasteiger charge is 2.09. The minimum absolute atomic E-state index is 0.122. The normalized spacial score (nSPS) is 12.1. The Morgan fingerprint density at radius 3 is 1.83 bits per heavy atom. The van der Waals surface area contributed by atoms with Gasteiger partial charge in [0, 0.05) is 33.1 Å². The first-order chi connectivity index (χ1) is 8.58. The Bertz CT molecular complexity index is 585. The predicted octanol–water partition coefficient (Wildman–Crippen LogP) is 2.36. The van der Waals surface area contributed by atoms with Gasteiger partial charge in [-0.2, -0.15) is 0 Å². The van der Waals surface area contributed by atoms with Crippen molar-refractivity contribution in [3.63, 3.8) is 0 Å². The van der Waals surface area contributed by atoms with Gasteiger partial charge < -0.3 is 5.11 Å². The number of carbonyl (C=O) groups is 1. The van der Waals surface area contributed by atoms with E-state index in [1.807, 2.05) is 0 Å². The smallest absolute Gasteiger partial charge is 0.193 e. The second kappa shape index (κ2) is 5.14. The number of benzene rings is 2. The minimum Gasteiger partial charge on any atom is -0.508 e. The fourth-order valence-electron chi connectivity index (χ4n) is 1.58. The largest absolute Gasteiger partial charge is 0.508 e. The molecule has 2 aromatic carbocycles. The van der Waals surface area contributed by atoms with Crippen molar-refractivity contribution in [3.05, 3.63) is 59.7 Å². The van der Waals surface area contributed by atoms with Crippen LogP contribution < -0.4 is 0 Å². The summed E-state index contributed by atoms with van der Waals surface area (Å²) >= 11 is 0. The highest BCUT2D eigenvalue weighted by Crippen LogP contribution is 2.15. The predicted molar refractivity (Wildman–Crippen MR) is 70.3 cm³/mol. The maximum Gasteiger partial charge on any atom is 0.193 e. The van der Waals surface area contributed by atoms with Crippen LogP contribution in [0.2, 0.25) is 0 Å². The summed E-state index contributed by atoms with van der Waals surface area (Å²) in [6.45, 7) is 0. The van der Waals surface area contributed by atoms with Crippen molar-refractivity contribution in [3.8, 4) is 5.75 Å². The molecular weight excluding hydrogens is 248 g/mol. The van der Waals surface area contributed by atoms with Crippen LogP contribution in [-0.2, 0) is 10.8 Å². The van der Waals surface area contributed by atoms with Gasteiger partial charge in [0.15, 0.2) is 5.78 Å². The number of hydrogen-bond acceptors (Lipinski definition) is 3. The van der Waals surface area contributed by atoms with E-state index in [0.717, 1.165) is 0 Å². The average Bonchev–Trinajstić information content (AvgIpc) is 2.39. The molecule has 0 amide bonds. The first-order valence-electron chi connectivity index (χ1n) is 5.35. The number of hydrogen-bond donors (Lipinski definition) is 1. The van der Waals surface area contributed by atoms with Gasteiger partial charge in [0.1, 0.15) is 5.75 Å². The summed E-state index contributed by atoms with van der Waals surface area (Å²) in [5, 5.41) is 9.16. The lowest BCUT2D eigenvalue weighted by atomic mass is 10.0. The fraction of sp³-hybridized carbons (Fsp3) is 0.0714. The third-order valence-corrected chi connectivity index (χ3v) is 3.51. The Labute approximate surface area is 108 Å². The molecule has 0 bridgehead atoms. The molecule has 0 aliphatic heterocycles. The van der Waals surface area contributed by atoms with E-state index in [9.17, 15) is 9.00 Å². The molecule has 1 N–H and O–H groups in total. The summed E-state index contributed by atoms with van der Waals surface area (Å²) in [6.07, 6.45) is 1.59. The molecule has 0 aliphatic rings. The van der Waals surface area contributed by atoms with Gasteiger partial charge in [0.25, 0.3) is 0 Å². The highest BCUT2D eigenvalue weighted by molar-refractivity contribution is 7.84. The van der Waals surface area contributed by atoms with E-state index in [1.165, 1.54) is 12.1 Å². The number of ketones is 1. The number of phenolic OH excluding ortho intramolecular Hbond substituents is 1. The summed E-state index contributed by atoms with van der Waals surface area (Å²) in [5.74, 6) is 0.00622. The van der Waals surface area contributed by atoms with Crippen molar-refractivity contribution in [1.82, 2.24) is 0 Å². The van der Waals surface area contributed by atoms with Gasteiger partial charge >= 0.3 is 0 Å². The molecule has 0 aromatic heterocycles. The number of rotatable bonds is 3. The highest BCUT2D eigenvalue weighted by atomic mass is 32.2. The van der Waals surface area contributed by atoms with E-state index < -0.39 is 10.8 Å². The van der Waals surface area contributed by atoms with Crippen LogP contribution in [0.25, 0.3) is 0 Å². The molecule has 0 saturated heterocycles. The summed E-state index contributed by atoms with van der Waals surface area (Å²) in [7, 11) is -1.04. The standard InChI is InChI=1S/C14H12O3S/c1-18(17)13-8-4-11(5-9-13)14(16)10-2-6-12(15)7-3-10/h2-9,15H,1H3. The molecular formula is C14H12O3S. The summed E-state index contributed by atoms with van der Waals surface area (Å²) in [5.41, 5.74) is 1.05. The number of phenols is 1. The lowest BCUT2D eigenvalue weighted by Crippen LogP contribution is -2.01. The molecule has 0 saturated carbocycles. The van der Waals surface area contributed by atoms with Gasteiger partial charge in [-0.1, -0.05) is 0 Å². The molecule has 2 aromatic rings. The molecule has 18 heavy (non-hydrogen) atoms. The van der Waals surface area contributed by atoms with Gasteiger partial charge in [0.05, 0.1) is 0 Å². The Kier molecular flexibility index (Phi) is 3.58. The van der Waals surface area contributed by atoms with Gasteiger partial charge in [-0.3, -0.25) is 9.00 Å². The molecule has 0 radical (unpaired) electrons. The van der Waals surface area contributed by atoms with Crippen molar-refractivity contribution >= 4 is 16.6 Å². The third kappa shape index (κ3) is 2.65. The zero-order valence-electron chi connectivity index (χ0n) is 9.79. The molecule has 0 aliphatic carbocycles. The first kappa shape index (κ1) is 12.5. The van der Waals surface area contributed by atoms with Crippen LogP contribution in [0.1, 0.15) is 15.9 Å². The lowest BCUT2D eigenvalue weighted by Gasteiger charge is -2.02. The van der Waals surface area contributed by atoms with Crippen molar-refractivity contribution in [2.24, 2.45) is 0 Å². The molecule has 0 spiro atoms. The molecule has 3 nitrogen and oxygen atoms in total. The molecule has 0 heterocycles. The second-order valence-electron chi connectivity index (χ2n) is 3.85. The summed E-state index contributed by atoms with van der Waals surface area (Å²) < 4.78 is 11.2. The van der Waals surface area contributed by atoms with E-state index in [4.69, 9.17) is 5.11 Å². The fourth-order valence-corrected chi connectivity index (χ4v) is 2.10. The molecule has 1 unspecified atom stereocenters. The molecule has 1 atom stereocenters. The number of carbonyl (C=O) groups excluding carboxylic acids is 1. The zero-order chi connectivity index (χ0) is 13.1. The third-order valence-electron chi connectivity index (χ3n) is 2.58. The van der Waals surface area contributed by atoms with Crippen LogP contribution in [0.5, 0.6) is 5.75 Å². The Morgan fingerprint density at radius 1 is 0.944 bits per heavy atom. The van der Waals surface area contributed by atoms with Gasteiger partial charge in [-0.05, 0) is 48.5 Å². The van der Waals surface area contributed by atoms with Crippen molar-refractivity contribution in [1.29, 1.82) is 0 Å². The van der Waals surface area contributed by atoms with Crippen molar-refractivity contribution < 1.29 is 14.1 Å². The summed E-state index contributed by atoms with van der Waals surface area (Å²) in [4.78, 5) is 12.8. The lowest BCUT2D eigenvalue weighted by molar-refractivity contribution is 0.103. The van der Waals surface area contributed by atoms with E-state index >= 15 is 0 Å². The van der Waals surface area contributed by atoms with Crippen LogP contribution >= 0.6 is 0 Å². The Balaban J connectivity index is 2.28. The van der Waals surface area contributed by atoms with Crippen molar-refractivity contribution in [2.45, 2.75) is 4.90 Å². The maximum absolute atomic E-state index is 12.1. The van der Waals surface area contributed by atoms with Crippen molar-refractivity contribution in [2.75, 3.05) is 6.26 Å². The van der Waals surface area contributed by atoms with Crippen LogP contribution in [0.3, 0.4) is 0 Å². The van der Waals surface area contributed by atoms with Gasteiger partial charge in [0.2, 0.25) is 0 Å². The Morgan fingerprint density at radius 2 is 1.39 bits per heavy atom. The summed E-state index contributed by atoms with van der Waals surface area (Å²) in [6, 6.07) is 12.8. The topological polar surface area (TPSA) is 54.4 Å². The van der Waals surface area contributed by atoms with Crippen LogP contribution in [0, 0.1) is 0 Å².